The molecule has 1 aromatic carbocycles. The number of ether oxygens (including phenoxy) is 1. The van der Waals surface area contributed by atoms with E-state index in [9.17, 15) is 9.59 Å². The molecule has 1 aromatic rings. The quantitative estimate of drug-likeness (QED) is 0.910. The zero-order chi connectivity index (χ0) is 17.8. The van der Waals surface area contributed by atoms with Crippen LogP contribution >= 0.6 is 0 Å². The summed E-state index contributed by atoms with van der Waals surface area (Å²) in [5, 5.41) is 3.06. The van der Waals surface area contributed by atoms with E-state index >= 15 is 0 Å². The third-order valence-corrected chi connectivity index (χ3v) is 5.01. The molecule has 6 nitrogen and oxygen atoms in total. The predicted octanol–water partition coefficient (Wildman–Crippen LogP) is 2.21. The predicted molar refractivity (Wildman–Crippen MR) is 95.7 cm³/mol. The van der Waals surface area contributed by atoms with Crippen LogP contribution in [-0.2, 0) is 4.79 Å². The molecule has 1 saturated heterocycles. The minimum absolute atomic E-state index is 0.0386. The van der Waals surface area contributed by atoms with Gasteiger partial charge in [0.2, 0.25) is 5.91 Å². The first kappa shape index (κ1) is 17.6. The van der Waals surface area contributed by atoms with E-state index in [1.54, 1.807) is 4.90 Å². The van der Waals surface area contributed by atoms with Crippen molar-refractivity contribution in [3.63, 3.8) is 0 Å². The molecule has 2 unspecified atom stereocenters. The molecule has 2 aliphatic rings. The number of para-hydroxylation sites is 1. The van der Waals surface area contributed by atoms with Crippen LogP contribution < -0.4 is 10.1 Å². The van der Waals surface area contributed by atoms with Gasteiger partial charge in [-0.2, -0.15) is 0 Å². The van der Waals surface area contributed by atoms with Crippen LogP contribution in [0.1, 0.15) is 38.2 Å². The van der Waals surface area contributed by atoms with Crippen LogP contribution in [0.15, 0.2) is 24.3 Å². The number of urea groups is 1. The van der Waals surface area contributed by atoms with E-state index in [4.69, 9.17) is 4.74 Å². The minimum Gasteiger partial charge on any atom is -0.493 e. The molecule has 1 N–H and O–H groups in total. The molecule has 0 aliphatic carbocycles. The standard InChI is InChI=1S/C19H27N3O3/c1-3-9-21-10-6-11-22(12-18(21)23)19(24)20-14(2)16-13-25-17-8-5-4-7-15(16)17/h4-5,7-8,14,16H,3,6,9-13H2,1-2H3,(H,20,24). The highest BCUT2D eigenvalue weighted by Crippen LogP contribution is 2.35. The Balaban J connectivity index is 1.59. The molecule has 2 atom stereocenters. The van der Waals surface area contributed by atoms with Gasteiger partial charge in [-0.25, -0.2) is 4.79 Å². The highest BCUT2D eigenvalue weighted by Gasteiger charge is 2.31. The third kappa shape index (κ3) is 3.89. The Kier molecular flexibility index (Phi) is 5.46. The van der Waals surface area contributed by atoms with Crippen LogP contribution in [0.2, 0.25) is 0 Å². The van der Waals surface area contributed by atoms with Crippen molar-refractivity contribution >= 4 is 11.9 Å². The van der Waals surface area contributed by atoms with Gasteiger partial charge >= 0.3 is 6.03 Å². The largest absolute Gasteiger partial charge is 0.493 e. The Morgan fingerprint density at radius 2 is 2.16 bits per heavy atom. The minimum atomic E-state index is -0.163. The van der Waals surface area contributed by atoms with Gasteiger partial charge in [0.25, 0.3) is 0 Å². The van der Waals surface area contributed by atoms with E-state index in [-0.39, 0.29) is 30.4 Å². The zero-order valence-corrected chi connectivity index (χ0v) is 15.0. The average Bonchev–Trinajstić information content (AvgIpc) is 2.95. The van der Waals surface area contributed by atoms with E-state index in [1.807, 2.05) is 36.1 Å². The van der Waals surface area contributed by atoms with E-state index in [2.05, 4.69) is 12.2 Å². The van der Waals surface area contributed by atoms with Gasteiger partial charge in [-0.3, -0.25) is 4.79 Å². The fourth-order valence-corrected chi connectivity index (χ4v) is 3.59. The first-order valence-corrected chi connectivity index (χ1v) is 9.15. The molecule has 0 saturated carbocycles. The van der Waals surface area contributed by atoms with Gasteiger partial charge < -0.3 is 19.9 Å². The maximum Gasteiger partial charge on any atom is 0.318 e. The first-order chi connectivity index (χ1) is 12.1. The van der Waals surface area contributed by atoms with Crippen LogP contribution in [0.5, 0.6) is 5.75 Å². The summed E-state index contributed by atoms with van der Waals surface area (Å²) in [7, 11) is 0. The van der Waals surface area contributed by atoms with Gasteiger partial charge in [-0.15, -0.1) is 0 Å². The molecule has 0 aromatic heterocycles. The number of benzene rings is 1. The first-order valence-electron chi connectivity index (χ1n) is 9.15. The molecule has 6 heteroatoms. The molecule has 136 valence electrons. The number of nitrogens with one attached hydrogen (secondary N) is 1. The Labute approximate surface area is 149 Å². The molecule has 25 heavy (non-hydrogen) atoms. The Hall–Kier alpha value is -2.24. The van der Waals surface area contributed by atoms with Crippen molar-refractivity contribution in [2.45, 2.75) is 38.6 Å². The average molecular weight is 345 g/mol. The van der Waals surface area contributed by atoms with Crippen molar-refractivity contribution in [2.24, 2.45) is 0 Å². The van der Waals surface area contributed by atoms with Crippen LogP contribution in [0.25, 0.3) is 0 Å². The molecular weight excluding hydrogens is 318 g/mol. The number of fused-ring (bicyclic) bond motifs is 1. The van der Waals surface area contributed by atoms with E-state index < -0.39 is 0 Å². The number of hydrogen-bond donors (Lipinski definition) is 1. The van der Waals surface area contributed by atoms with Gasteiger partial charge in [0.1, 0.15) is 12.3 Å². The fraction of sp³-hybridized carbons (Fsp3) is 0.579. The van der Waals surface area contributed by atoms with Gasteiger partial charge in [-0.05, 0) is 25.8 Å². The summed E-state index contributed by atoms with van der Waals surface area (Å²) in [5.74, 6) is 1.07. The van der Waals surface area contributed by atoms with Crippen LogP contribution in [-0.4, -0.2) is 60.6 Å². The summed E-state index contributed by atoms with van der Waals surface area (Å²) in [5.41, 5.74) is 1.14. The lowest BCUT2D eigenvalue weighted by molar-refractivity contribution is -0.130. The Bertz CT molecular complexity index is 634. The monoisotopic (exact) mass is 345 g/mol. The highest BCUT2D eigenvalue weighted by atomic mass is 16.5. The zero-order valence-electron chi connectivity index (χ0n) is 15.0. The Morgan fingerprint density at radius 1 is 1.36 bits per heavy atom. The van der Waals surface area contributed by atoms with Crippen LogP contribution in [0.3, 0.4) is 0 Å². The molecule has 2 aliphatic heterocycles. The van der Waals surface area contributed by atoms with E-state index in [1.165, 1.54) is 0 Å². The topological polar surface area (TPSA) is 61.9 Å². The second-order valence-electron chi connectivity index (χ2n) is 6.85. The number of carbonyl (C=O) groups excluding carboxylic acids is 2. The number of amides is 3. The fourth-order valence-electron chi connectivity index (χ4n) is 3.59. The summed E-state index contributed by atoms with van der Waals surface area (Å²) >= 11 is 0. The molecule has 0 bridgehead atoms. The van der Waals surface area contributed by atoms with Crippen molar-refractivity contribution in [3.8, 4) is 5.75 Å². The summed E-state index contributed by atoms with van der Waals surface area (Å²) in [6, 6.07) is 7.73. The van der Waals surface area contributed by atoms with E-state index in [0.29, 0.717) is 13.2 Å². The SMILES string of the molecule is CCCN1CCCN(C(=O)NC(C)C2COc3ccccc32)CC1=O. The summed E-state index contributed by atoms with van der Waals surface area (Å²) in [6.07, 6.45) is 1.76. The highest BCUT2D eigenvalue weighted by molar-refractivity contribution is 5.84. The van der Waals surface area contributed by atoms with Crippen molar-refractivity contribution in [1.29, 1.82) is 0 Å². The van der Waals surface area contributed by atoms with Crippen molar-refractivity contribution < 1.29 is 14.3 Å². The van der Waals surface area contributed by atoms with Crippen LogP contribution in [0, 0.1) is 0 Å². The number of nitrogens with zero attached hydrogens (tertiary/aromatic N) is 2. The van der Waals surface area contributed by atoms with Crippen molar-refractivity contribution in [2.75, 3.05) is 32.8 Å². The summed E-state index contributed by atoms with van der Waals surface area (Å²) < 4.78 is 5.71. The summed E-state index contributed by atoms with van der Waals surface area (Å²) in [4.78, 5) is 28.4. The Morgan fingerprint density at radius 3 is 2.96 bits per heavy atom. The maximum absolute atomic E-state index is 12.6. The molecule has 3 amide bonds. The molecular formula is C19H27N3O3. The lowest BCUT2D eigenvalue weighted by Crippen LogP contribution is -2.48. The summed E-state index contributed by atoms with van der Waals surface area (Å²) in [6.45, 7) is 6.90. The van der Waals surface area contributed by atoms with Gasteiger partial charge in [0.05, 0.1) is 6.61 Å². The molecule has 1 fully saturated rings. The van der Waals surface area contributed by atoms with Crippen molar-refractivity contribution in [3.05, 3.63) is 29.8 Å². The maximum atomic E-state index is 12.6. The number of hydrogen-bond acceptors (Lipinski definition) is 3. The molecule has 2 heterocycles. The van der Waals surface area contributed by atoms with E-state index in [0.717, 1.165) is 37.2 Å². The third-order valence-electron chi connectivity index (χ3n) is 5.01. The van der Waals surface area contributed by atoms with Gasteiger partial charge in [-0.1, -0.05) is 25.1 Å². The van der Waals surface area contributed by atoms with Gasteiger partial charge in [0, 0.05) is 37.2 Å². The molecule has 0 spiro atoms. The smallest absolute Gasteiger partial charge is 0.318 e. The molecule has 3 rings (SSSR count). The van der Waals surface area contributed by atoms with Crippen molar-refractivity contribution in [1.82, 2.24) is 15.1 Å². The number of rotatable bonds is 4. The second kappa shape index (κ2) is 7.76. The lowest BCUT2D eigenvalue weighted by atomic mass is 9.94. The normalized spacial score (nSPS) is 21.4. The lowest BCUT2D eigenvalue weighted by Gasteiger charge is -2.26. The second-order valence-corrected chi connectivity index (χ2v) is 6.85. The molecule has 0 radical (unpaired) electrons. The number of carbonyl (C=O) groups is 2. The van der Waals surface area contributed by atoms with Crippen LogP contribution in [0.4, 0.5) is 4.79 Å². The van der Waals surface area contributed by atoms with Gasteiger partial charge in [0.15, 0.2) is 0 Å².